The van der Waals surface area contributed by atoms with Crippen LogP contribution in [0.25, 0.3) is 0 Å². The zero-order valence-corrected chi connectivity index (χ0v) is 12.3. The van der Waals surface area contributed by atoms with E-state index < -0.39 is 38.4 Å². The molecule has 0 aromatic rings. The van der Waals surface area contributed by atoms with Gasteiger partial charge in [0.1, 0.15) is 0 Å². The van der Waals surface area contributed by atoms with Gasteiger partial charge in [-0.2, -0.15) is 13.2 Å². The van der Waals surface area contributed by atoms with Gasteiger partial charge >= 0.3 is 6.18 Å². The summed E-state index contributed by atoms with van der Waals surface area (Å²) in [5.41, 5.74) is -0.521. The largest absolute Gasteiger partial charge is 0.414 e. The van der Waals surface area contributed by atoms with Crippen LogP contribution < -0.4 is 0 Å². The van der Waals surface area contributed by atoms with Crippen molar-refractivity contribution in [3.63, 3.8) is 0 Å². The molecule has 0 bridgehead atoms. The summed E-state index contributed by atoms with van der Waals surface area (Å²) in [5.74, 6) is -1.02. The lowest BCUT2D eigenvalue weighted by atomic mass is 9.82. The van der Waals surface area contributed by atoms with Gasteiger partial charge in [-0.3, -0.25) is 0 Å². The number of hydrogen-bond acceptors (Lipinski definition) is 3. The first-order valence-electron chi connectivity index (χ1n) is 5.34. The maximum absolute atomic E-state index is 12.3. The first kappa shape index (κ1) is 18.0. The molecular weight excluding hydrogens is 293 g/mol. The molecule has 2 unspecified atom stereocenters. The molecule has 0 aliphatic heterocycles. The van der Waals surface area contributed by atoms with Gasteiger partial charge in [-0.15, -0.1) is 0 Å². The Bertz CT molecular complexity index is 360. The minimum absolute atomic E-state index is 0.309. The summed E-state index contributed by atoms with van der Waals surface area (Å²) >= 11 is 0. The molecule has 0 spiro atoms. The normalized spacial score (nSPS) is 17.6. The zero-order valence-electron chi connectivity index (χ0n) is 10.7. The van der Waals surface area contributed by atoms with E-state index in [0.717, 1.165) is 6.92 Å². The molecule has 8 heteroatoms. The van der Waals surface area contributed by atoms with Gasteiger partial charge in [0.2, 0.25) is 9.05 Å². The van der Waals surface area contributed by atoms with E-state index in [1.807, 2.05) is 0 Å². The molecule has 0 radical (unpaired) electrons. The van der Waals surface area contributed by atoms with Crippen LogP contribution in [0.5, 0.6) is 0 Å². The van der Waals surface area contributed by atoms with Crippen LogP contribution >= 0.6 is 10.7 Å². The summed E-state index contributed by atoms with van der Waals surface area (Å²) in [7, 11) is 1.35. The fourth-order valence-electron chi connectivity index (χ4n) is 1.14. The van der Waals surface area contributed by atoms with Gasteiger partial charge in [0.25, 0.3) is 0 Å². The van der Waals surface area contributed by atoms with E-state index in [-0.39, 0.29) is 6.61 Å². The van der Waals surface area contributed by atoms with Gasteiger partial charge in [0, 0.05) is 16.6 Å². The van der Waals surface area contributed by atoms with E-state index in [9.17, 15) is 21.6 Å². The number of rotatable bonds is 5. The quantitative estimate of drug-likeness (QED) is 0.733. The second-order valence-electron chi connectivity index (χ2n) is 5.29. The zero-order chi connectivity index (χ0) is 14.8. The number of alkyl halides is 3. The van der Waals surface area contributed by atoms with Crippen molar-refractivity contribution in [2.45, 2.75) is 40.0 Å². The van der Waals surface area contributed by atoms with Crippen LogP contribution in [0.2, 0.25) is 0 Å². The number of halogens is 4. The third kappa shape index (κ3) is 7.43. The van der Waals surface area contributed by atoms with Crippen molar-refractivity contribution < 1.29 is 26.3 Å². The first-order valence-corrected chi connectivity index (χ1v) is 7.82. The first-order chi connectivity index (χ1) is 7.73. The molecule has 0 aromatic carbocycles. The number of ether oxygens (including phenoxy) is 1. The lowest BCUT2D eigenvalue weighted by Crippen LogP contribution is -2.35. The van der Waals surface area contributed by atoms with Crippen molar-refractivity contribution in [2.24, 2.45) is 11.3 Å². The van der Waals surface area contributed by atoms with Crippen molar-refractivity contribution in [1.82, 2.24) is 0 Å². The maximum atomic E-state index is 12.3. The van der Waals surface area contributed by atoms with Crippen LogP contribution in [-0.4, -0.2) is 33.1 Å². The van der Waals surface area contributed by atoms with Gasteiger partial charge in [0.05, 0.1) is 12.4 Å². The van der Waals surface area contributed by atoms with Crippen molar-refractivity contribution >= 4 is 19.7 Å². The predicted octanol–water partition coefficient (Wildman–Crippen LogP) is 3.18. The van der Waals surface area contributed by atoms with E-state index in [2.05, 4.69) is 0 Å². The SMILES string of the molecule is CC(OCC(CS(=O)(=O)Cl)C(C)(C)C)C(F)(F)F. The van der Waals surface area contributed by atoms with Crippen molar-refractivity contribution in [2.75, 3.05) is 12.4 Å². The average molecular weight is 311 g/mol. The average Bonchev–Trinajstić information content (AvgIpc) is 2.06. The molecule has 0 N–H and O–H groups in total. The van der Waals surface area contributed by atoms with Crippen LogP contribution in [0.15, 0.2) is 0 Å². The Labute approximate surface area is 110 Å². The fraction of sp³-hybridized carbons (Fsp3) is 1.00. The van der Waals surface area contributed by atoms with Crippen LogP contribution in [0.4, 0.5) is 13.2 Å². The van der Waals surface area contributed by atoms with Crippen molar-refractivity contribution in [3.8, 4) is 0 Å². The molecule has 0 aromatic heterocycles. The Kier molecular flexibility index (Phi) is 5.96. The van der Waals surface area contributed by atoms with Crippen LogP contribution in [-0.2, 0) is 13.8 Å². The molecule has 0 heterocycles. The Morgan fingerprint density at radius 3 is 1.94 bits per heavy atom. The second kappa shape index (κ2) is 5.96. The Morgan fingerprint density at radius 1 is 1.22 bits per heavy atom. The maximum Gasteiger partial charge on any atom is 0.414 e. The van der Waals surface area contributed by atoms with Crippen LogP contribution in [0.1, 0.15) is 27.7 Å². The van der Waals surface area contributed by atoms with E-state index in [4.69, 9.17) is 15.4 Å². The topological polar surface area (TPSA) is 43.4 Å². The number of hydrogen-bond donors (Lipinski definition) is 0. The molecule has 0 saturated carbocycles. The van der Waals surface area contributed by atoms with E-state index in [0.29, 0.717) is 0 Å². The highest BCUT2D eigenvalue weighted by Crippen LogP contribution is 2.30. The molecule has 0 aliphatic carbocycles. The summed E-state index contributed by atoms with van der Waals surface area (Å²) in [6.45, 7) is 5.75. The molecule has 0 rings (SSSR count). The molecule has 0 saturated heterocycles. The predicted molar refractivity (Wildman–Crippen MR) is 64.1 cm³/mol. The summed E-state index contributed by atoms with van der Waals surface area (Å²) in [6.07, 6.45) is -6.39. The lowest BCUT2D eigenvalue weighted by molar-refractivity contribution is -0.218. The standard InChI is InChI=1S/C10H18ClF3O3S/c1-7(10(12,13)14)17-5-8(9(2,3)4)6-18(11,15)16/h7-8H,5-6H2,1-4H3. The molecule has 18 heavy (non-hydrogen) atoms. The minimum Gasteiger partial charge on any atom is -0.369 e. The molecule has 0 amide bonds. The Morgan fingerprint density at radius 2 is 1.67 bits per heavy atom. The summed E-state index contributed by atoms with van der Waals surface area (Å²) in [4.78, 5) is 0. The fourth-order valence-corrected chi connectivity index (χ4v) is 2.68. The summed E-state index contributed by atoms with van der Waals surface area (Å²) in [5, 5.41) is 0. The van der Waals surface area contributed by atoms with E-state index in [1.54, 1.807) is 20.8 Å². The highest BCUT2D eigenvalue weighted by molar-refractivity contribution is 8.13. The van der Waals surface area contributed by atoms with Gasteiger partial charge in [-0.25, -0.2) is 8.42 Å². The van der Waals surface area contributed by atoms with E-state index >= 15 is 0 Å². The molecule has 110 valence electrons. The van der Waals surface area contributed by atoms with Gasteiger partial charge in [-0.05, 0) is 12.3 Å². The highest BCUT2D eigenvalue weighted by Gasteiger charge is 2.38. The molecule has 3 nitrogen and oxygen atoms in total. The smallest absolute Gasteiger partial charge is 0.369 e. The lowest BCUT2D eigenvalue weighted by Gasteiger charge is -2.30. The minimum atomic E-state index is -4.46. The highest BCUT2D eigenvalue weighted by atomic mass is 35.7. The monoisotopic (exact) mass is 310 g/mol. The third-order valence-corrected chi connectivity index (χ3v) is 3.81. The molecule has 0 fully saturated rings. The Hall–Kier alpha value is -0.0100. The van der Waals surface area contributed by atoms with E-state index in [1.165, 1.54) is 0 Å². The van der Waals surface area contributed by atoms with Crippen LogP contribution in [0.3, 0.4) is 0 Å². The van der Waals surface area contributed by atoms with Gasteiger partial charge in [0.15, 0.2) is 6.10 Å². The van der Waals surface area contributed by atoms with Crippen LogP contribution in [0, 0.1) is 11.3 Å². The van der Waals surface area contributed by atoms with Crippen molar-refractivity contribution in [3.05, 3.63) is 0 Å². The summed E-state index contributed by atoms with van der Waals surface area (Å²) < 4.78 is 63.5. The molecule has 0 aliphatic rings. The third-order valence-electron chi connectivity index (χ3n) is 2.63. The molecular formula is C10H18ClF3O3S. The summed E-state index contributed by atoms with van der Waals surface area (Å²) in [6, 6.07) is 0. The Balaban J connectivity index is 4.65. The second-order valence-corrected chi connectivity index (χ2v) is 8.11. The van der Waals surface area contributed by atoms with Crippen molar-refractivity contribution in [1.29, 1.82) is 0 Å². The molecule has 2 atom stereocenters. The van der Waals surface area contributed by atoms with Gasteiger partial charge in [-0.1, -0.05) is 20.8 Å². The van der Waals surface area contributed by atoms with Gasteiger partial charge < -0.3 is 4.74 Å².